The van der Waals surface area contributed by atoms with Gasteiger partial charge >= 0.3 is 0 Å². The topological polar surface area (TPSA) is 84.3 Å². The number of carbonyl (C=O) groups excluding carboxylic acids is 2. The lowest BCUT2D eigenvalue weighted by atomic mass is 10.2. The van der Waals surface area contributed by atoms with Crippen LogP contribution in [0.5, 0.6) is 0 Å². The molecule has 1 aliphatic heterocycles. The van der Waals surface area contributed by atoms with Crippen LogP contribution in [0.3, 0.4) is 0 Å². The first kappa shape index (κ1) is 17.9. The van der Waals surface area contributed by atoms with E-state index in [4.69, 9.17) is 0 Å². The number of para-hydroxylation sites is 2. The molecule has 7 heteroatoms. The van der Waals surface area contributed by atoms with E-state index >= 15 is 0 Å². The first-order chi connectivity index (χ1) is 13.5. The summed E-state index contributed by atoms with van der Waals surface area (Å²) < 4.78 is 1.29. The van der Waals surface area contributed by atoms with Gasteiger partial charge in [-0.25, -0.2) is 4.98 Å². The van der Waals surface area contributed by atoms with Gasteiger partial charge in [-0.05, 0) is 37.6 Å². The second-order valence-electron chi connectivity index (χ2n) is 6.91. The smallest absolute Gasteiger partial charge is 0.261 e. The summed E-state index contributed by atoms with van der Waals surface area (Å²) in [5, 5.41) is 3.31. The number of nitrogens with zero attached hydrogens (tertiary/aromatic N) is 3. The molecule has 0 saturated carbocycles. The molecule has 1 fully saturated rings. The minimum absolute atomic E-state index is 0.0482. The number of benzene rings is 2. The molecule has 0 spiro atoms. The first-order valence-corrected chi connectivity index (χ1v) is 9.18. The predicted octanol–water partition coefficient (Wildman–Crippen LogP) is 2.47. The number of rotatable bonds is 4. The van der Waals surface area contributed by atoms with Gasteiger partial charge in [0.15, 0.2) is 0 Å². The fourth-order valence-corrected chi connectivity index (χ4v) is 3.45. The molecular formula is C21H20N4O3. The third-order valence-corrected chi connectivity index (χ3v) is 4.84. The minimum atomic E-state index is -0.352. The zero-order chi connectivity index (χ0) is 19.7. The van der Waals surface area contributed by atoms with Crippen LogP contribution in [0.15, 0.2) is 53.6 Å². The van der Waals surface area contributed by atoms with E-state index in [1.54, 1.807) is 29.2 Å². The Morgan fingerprint density at radius 1 is 1.18 bits per heavy atom. The quantitative estimate of drug-likeness (QED) is 0.758. The SMILES string of the molecule is Cc1ccc2ncn(CC(=O)Nc3ccccc3N3CCCC3=O)c(=O)c2c1. The maximum atomic E-state index is 12.7. The van der Waals surface area contributed by atoms with Crippen LogP contribution in [0.25, 0.3) is 10.9 Å². The minimum Gasteiger partial charge on any atom is -0.323 e. The molecule has 28 heavy (non-hydrogen) atoms. The summed E-state index contributed by atoms with van der Waals surface area (Å²) in [4.78, 5) is 43.3. The summed E-state index contributed by atoms with van der Waals surface area (Å²) in [6.45, 7) is 2.39. The van der Waals surface area contributed by atoms with Crippen LogP contribution in [0.1, 0.15) is 18.4 Å². The Labute approximate surface area is 161 Å². The molecule has 0 radical (unpaired) electrons. The van der Waals surface area contributed by atoms with Crippen LogP contribution in [0.2, 0.25) is 0 Å². The predicted molar refractivity (Wildman–Crippen MR) is 107 cm³/mol. The van der Waals surface area contributed by atoms with Crippen molar-refractivity contribution in [3.8, 4) is 0 Å². The number of amides is 2. The highest BCUT2D eigenvalue weighted by atomic mass is 16.2. The molecule has 2 heterocycles. The second-order valence-corrected chi connectivity index (χ2v) is 6.91. The Bertz CT molecular complexity index is 1140. The van der Waals surface area contributed by atoms with Gasteiger partial charge < -0.3 is 10.2 Å². The fourth-order valence-electron chi connectivity index (χ4n) is 3.45. The lowest BCUT2D eigenvalue weighted by Gasteiger charge is -2.20. The number of aryl methyl sites for hydroxylation is 1. The van der Waals surface area contributed by atoms with Crippen molar-refractivity contribution in [2.75, 3.05) is 16.8 Å². The highest BCUT2D eigenvalue weighted by Gasteiger charge is 2.24. The average Bonchev–Trinajstić information content (AvgIpc) is 3.11. The molecule has 0 bridgehead atoms. The van der Waals surface area contributed by atoms with Crippen LogP contribution < -0.4 is 15.8 Å². The van der Waals surface area contributed by atoms with Gasteiger partial charge in [-0.15, -0.1) is 0 Å². The van der Waals surface area contributed by atoms with Crippen molar-refractivity contribution in [3.05, 3.63) is 64.7 Å². The molecule has 0 aliphatic carbocycles. The van der Waals surface area contributed by atoms with Gasteiger partial charge in [0.05, 0.1) is 28.6 Å². The zero-order valence-corrected chi connectivity index (χ0v) is 15.5. The molecule has 1 aliphatic rings. The Morgan fingerprint density at radius 3 is 2.79 bits per heavy atom. The number of hydrogen-bond donors (Lipinski definition) is 1. The van der Waals surface area contributed by atoms with E-state index in [0.29, 0.717) is 35.2 Å². The molecule has 142 valence electrons. The van der Waals surface area contributed by atoms with E-state index < -0.39 is 0 Å². The van der Waals surface area contributed by atoms with Gasteiger partial charge in [0.25, 0.3) is 5.56 Å². The van der Waals surface area contributed by atoms with Crippen LogP contribution in [-0.2, 0) is 16.1 Å². The Kier molecular flexibility index (Phi) is 4.65. The van der Waals surface area contributed by atoms with Gasteiger partial charge in [0.1, 0.15) is 6.54 Å². The molecular weight excluding hydrogens is 356 g/mol. The van der Waals surface area contributed by atoms with E-state index in [-0.39, 0.29) is 23.9 Å². The largest absolute Gasteiger partial charge is 0.323 e. The summed E-state index contributed by atoms with van der Waals surface area (Å²) in [7, 11) is 0. The second kappa shape index (κ2) is 7.26. The summed E-state index contributed by atoms with van der Waals surface area (Å²) in [6.07, 6.45) is 2.70. The molecule has 1 N–H and O–H groups in total. The summed E-state index contributed by atoms with van der Waals surface area (Å²) in [5.41, 5.74) is 2.54. The first-order valence-electron chi connectivity index (χ1n) is 9.18. The summed E-state index contributed by atoms with van der Waals surface area (Å²) in [6, 6.07) is 12.6. The standard InChI is InChI=1S/C21H20N4O3/c1-14-8-9-16-15(11-14)21(28)24(13-22-16)12-19(26)23-17-5-2-3-6-18(17)25-10-4-7-20(25)27/h2-3,5-6,8-9,11,13H,4,7,10,12H2,1H3,(H,23,26). The summed E-state index contributed by atoms with van der Waals surface area (Å²) in [5.74, 6) is -0.304. The fraction of sp³-hybridized carbons (Fsp3) is 0.238. The molecule has 1 aromatic heterocycles. The molecule has 0 unspecified atom stereocenters. The van der Waals surface area contributed by atoms with Gasteiger partial charge in [0, 0.05) is 13.0 Å². The number of aromatic nitrogens is 2. The number of carbonyl (C=O) groups is 2. The molecule has 2 aromatic carbocycles. The molecule has 2 amide bonds. The van der Waals surface area contributed by atoms with Crippen LogP contribution in [0.4, 0.5) is 11.4 Å². The number of hydrogen-bond acceptors (Lipinski definition) is 4. The van der Waals surface area contributed by atoms with Crippen LogP contribution in [-0.4, -0.2) is 27.9 Å². The Balaban J connectivity index is 1.58. The van der Waals surface area contributed by atoms with Gasteiger partial charge in [0.2, 0.25) is 11.8 Å². The molecule has 7 nitrogen and oxygen atoms in total. The monoisotopic (exact) mass is 376 g/mol. The van der Waals surface area contributed by atoms with Gasteiger partial charge in [-0.2, -0.15) is 0 Å². The third kappa shape index (κ3) is 3.38. The molecule has 3 aromatic rings. The van der Waals surface area contributed by atoms with Gasteiger partial charge in [-0.3, -0.25) is 19.0 Å². The Morgan fingerprint density at radius 2 is 2.00 bits per heavy atom. The van der Waals surface area contributed by atoms with Crippen molar-refractivity contribution in [1.29, 1.82) is 0 Å². The van der Waals surface area contributed by atoms with E-state index in [1.165, 1.54) is 10.9 Å². The number of anilines is 2. The van der Waals surface area contributed by atoms with E-state index in [9.17, 15) is 14.4 Å². The maximum Gasteiger partial charge on any atom is 0.261 e. The van der Waals surface area contributed by atoms with E-state index in [0.717, 1.165) is 12.0 Å². The highest BCUT2D eigenvalue weighted by molar-refractivity contribution is 6.02. The number of nitrogens with one attached hydrogen (secondary N) is 1. The average molecular weight is 376 g/mol. The van der Waals surface area contributed by atoms with Gasteiger partial charge in [-0.1, -0.05) is 23.8 Å². The van der Waals surface area contributed by atoms with E-state index in [2.05, 4.69) is 10.3 Å². The van der Waals surface area contributed by atoms with Crippen molar-refractivity contribution < 1.29 is 9.59 Å². The van der Waals surface area contributed by atoms with Crippen molar-refractivity contribution in [3.63, 3.8) is 0 Å². The number of fused-ring (bicyclic) bond motifs is 1. The zero-order valence-electron chi connectivity index (χ0n) is 15.5. The molecule has 4 rings (SSSR count). The van der Waals surface area contributed by atoms with Crippen molar-refractivity contribution in [1.82, 2.24) is 9.55 Å². The maximum absolute atomic E-state index is 12.7. The van der Waals surface area contributed by atoms with Crippen molar-refractivity contribution in [2.45, 2.75) is 26.3 Å². The molecule has 0 atom stereocenters. The molecule has 1 saturated heterocycles. The van der Waals surface area contributed by atoms with E-state index in [1.807, 2.05) is 25.1 Å². The lowest BCUT2D eigenvalue weighted by molar-refractivity contribution is -0.117. The lowest BCUT2D eigenvalue weighted by Crippen LogP contribution is -2.29. The van der Waals surface area contributed by atoms with Crippen LogP contribution in [0, 0.1) is 6.92 Å². The van der Waals surface area contributed by atoms with Crippen molar-refractivity contribution >= 4 is 34.1 Å². The van der Waals surface area contributed by atoms with Crippen molar-refractivity contribution in [2.24, 2.45) is 0 Å². The normalized spacial score (nSPS) is 13.9. The third-order valence-electron chi connectivity index (χ3n) is 4.84. The highest BCUT2D eigenvalue weighted by Crippen LogP contribution is 2.29. The van der Waals surface area contributed by atoms with Crippen LogP contribution >= 0.6 is 0 Å². The summed E-state index contributed by atoms with van der Waals surface area (Å²) >= 11 is 0. The Hall–Kier alpha value is -3.48.